The van der Waals surface area contributed by atoms with Crippen molar-refractivity contribution in [2.75, 3.05) is 26.7 Å². The highest BCUT2D eigenvalue weighted by molar-refractivity contribution is 4.92. The molecule has 110 valence electrons. The second-order valence-corrected chi connectivity index (χ2v) is 6.94. The molecular formula is C16H31N3. The average molecular weight is 265 g/mol. The van der Waals surface area contributed by atoms with Crippen LogP contribution in [0.15, 0.2) is 0 Å². The Morgan fingerprint density at radius 1 is 1.05 bits per heavy atom. The van der Waals surface area contributed by atoms with Crippen LogP contribution < -0.4 is 10.6 Å². The van der Waals surface area contributed by atoms with Gasteiger partial charge in [-0.25, -0.2) is 0 Å². The van der Waals surface area contributed by atoms with E-state index in [1.54, 1.807) is 0 Å². The van der Waals surface area contributed by atoms with Gasteiger partial charge in [0.15, 0.2) is 0 Å². The van der Waals surface area contributed by atoms with E-state index in [4.69, 9.17) is 0 Å². The molecule has 19 heavy (non-hydrogen) atoms. The SMILES string of the molecule is CN1CCCC1CNC1CCCCC1C1CCCN1. The fourth-order valence-electron chi connectivity index (χ4n) is 4.50. The van der Waals surface area contributed by atoms with E-state index in [2.05, 4.69) is 22.6 Å². The Hall–Kier alpha value is -0.120. The van der Waals surface area contributed by atoms with Gasteiger partial charge in [-0.15, -0.1) is 0 Å². The maximum atomic E-state index is 3.94. The Morgan fingerprint density at radius 2 is 1.95 bits per heavy atom. The normalized spacial score (nSPS) is 40.9. The van der Waals surface area contributed by atoms with Crippen LogP contribution in [0.1, 0.15) is 51.4 Å². The van der Waals surface area contributed by atoms with Gasteiger partial charge in [0.1, 0.15) is 0 Å². The van der Waals surface area contributed by atoms with Crippen LogP contribution in [0, 0.1) is 5.92 Å². The first-order chi connectivity index (χ1) is 9.34. The van der Waals surface area contributed by atoms with Crippen LogP contribution in [0.2, 0.25) is 0 Å². The molecule has 2 saturated heterocycles. The molecule has 3 nitrogen and oxygen atoms in total. The van der Waals surface area contributed by atoms with Gasteiger partial charge in [0.2, 0.25) is 0 Å². The van der Waals surface area contributed by atoms with Crippen LogP contribution in [0.3, 0.4) is 0 Å². The molecule has 0 aromatic carbocycles. The highest BCUT2D eigenvalue weighted by atomic mass is 15.2. The highest BCUT2D eigenvalue weighted by Crippen LogP contribution is 2.30. The Labute approximate surface area is 118 Å². The van der Waals surface area contributed by atoms with Crippen LogP contribution >= 0.6 is 0 Å². The summed E-state index contributed by atoms with van der Waals surface area (Å²) in [4.78, 5) is 2.54. The van der Waals surface area contributed by atoms with Gasteiger partial charge in [-0.05, 0) is 64.6 Å². The molecule has 0 spiro atoms. The molecule has 2 N–H and O–H groups in total. The van der Waals surface area contributed by atoms with E-state index in [9.17, 15) is 0 Å². The van der Waals surface area contributed by atoms with Crippen molar-refractivity contribution in [2.24, 2.45) is 5.92 Å². The van der Waals surface area contributed by atoms with Crippen LogP contribution in [-0.4, -0.2) is 49.7 Å². The zero-order valence-electron chi connectivity index (χ0n) is 12.5. The summed E-state index contributed by atoms with van der Waals surface area (Å²) in [6, 6.07) is 2.37. The smallest absolute Gasteiger partial charge is 0.0218 e. The van der Waals surface area contributed by atoms with E-state index in [1.807, 2.05) is 0 Å². The largest absolute Gasteiger partial charge is 0.314 e. The molecule has 2 aliphatic heterocycles. The molecule has 4 atom stereocenters. The molecule has 3 heteroatoms. The predicted molar refractivity (Wildman–Crippen MR) is 80.4 cm³/mol. The van der Waals surface area contributed by atoms with Gasteiger partial charge in [0.25, 0.3) is 0 Å². The van der Waals surface area contributed by atoms with Gasteiger partial charge in [0, 0.05) is 24.7 Å². The third-order valence-corrected chi connectivity index (χ3v) is 5.72. The summed E-state index contributed by atoms with van der Waals surface area (Å²) < 4.78 is 0. The first-order valence-corrected chi connectivity index (χ1v) is 8.51. The first-order valence-electron chi connectivity index (χ1n) is 8.51. The van der Waals surface area contributed by atoms with Crippen LogP contribution in [0.4, 0.5) is 0 Å². The number of hydrogen-bond acceptors (Lipinski definition) is 3. The van der Waals surface area contributed by atoms with Crippen molar-refractivity contribution < 1.29 is 0 Å². The number of likely N-dealkylation sites (N-methyl/N-ethyl adjacent to an activating group) is 1. The van der Waals surface area contributed by atoms with Crippen molar-refractivity contribution in [3.63, 3.8) is 0 Å². The van der Waals surface area contributed by atoms with Gasteiger partial charge in [-0.2, -0.15) is 0 Å². The fourth-order valence-corrected chi connectivity index (χ4v) is 4.50. The first kappa shape index (κ1) is 13.8. The summed E-state index contributed by atoms with van der Waals surface area (Å²) >= 11 is 0. The number of likely N-dealkylation sites (tertiary alicyclic amines) is 1. The Bertz CT molecular complexity index is 275. The molecule has 3 aliphatic rings. The van der Waals surface area contributed by atoms with Gasteiger partial charge in [-0.1, -0.05) is 12.8 Å². The molecule has 1 saturated carbocycles. The summed E-state index contributed by atoms with van der Waals surface area (Å²) in [5.74, 6) is 0.892. The molecule has 0 bridgehead atoms. The van der Waals surface area contributed by atoms with E-state index < -0.39 is 0 Å². The molecule has 4 unspecified atom stereocenters. The second kappa shape index (κ2) is 6.55. The van der Waals surface area contributed by atoms with Gasteiger partial charge in [-0.3, -0.25) is 0 Å². The van der Waals surface area contributed by atoms with Crippen LogP contribution in [0.5, 0.6) is 0 Å². The zero-order valence-corrected chi connectivity index (χ0v) is 12.5. The fraction of sp³-hybridized carbons (Fsp3) is 1.00. The summed E-state index contributed by atoms with van der Waals surface area (Å²) in [6.07, 6.45) is 11.3. The molecule has 1 aliphatic carbocycles. The lowest BCUT2D eigenvalue weighted by Gasteiger charge is -2.37. The lowest BCUT2D eigenvalue weighted by molar-refractivity contribution is 0.198. The van der Waals surface area contributed by atoms with Crippen molar-refractivity contribution in [3.05, 3.63) is 0 Å². The lowest BCUT2D eigenvalue weighted by atomic mass is 9.79. The molecule has 2 heterocycles. The topological polar surface area (TPSA) is 27.3 Å². The maximum absolute atomic E-state index is 3.94. The van der Waals surface area contributed by atoms with Crippen molar-refractivity contribution in [1.82, 2.24) is 15.5 Å². The number of rotatable bonds is 4. The number of nitrogens with one attached hydrogen (secondary N) is 2. The average Bonchev–Trinajstić information content (AvgIpc) is 3.08. The van der Waals surface area contributed by atoms with E-state index in [0.717, 1.165) is 24.0 Å². The van der Waals surface area contributed by atoms with Crippen LogP contribution in [-0.2, 0) is 0 Å². The molecule has 3 rings (SSSR count). The van der Waals surface area contributed by atoms with Crippen molar-refractivity contribution in [1.29, 1.82) is 0 Å². The lowest BCUT2D eigenvalue weighted by Crippen LogP contribution is -2.49. The highest BCUT2D eigenvalue weighted by Gasteiger charge is 2.33. The number of nitrogens with zero attached hydrogens (tertiary/aromatic N) is 1. The molecule has 3 fully saturated rings. The molecule has 0 amide bonds. The standard InChI is InChI=1S/C16H31N3/c1-19-11-5-6-13(19)12-18-16-8-3-2-7-14(16)15-9-4-10-17-15/h13-18H,2-12H2,1H3. The zero-order chi connectivity index (χ0) is 13.1. The van der Waals surface area contributed by atoms with E-state index in [0.29, 0.717) is 0 Å². The minimum absolute atomic E-state index is 0.776. The third kappa shape index (κ3) is 3.32. The summed E-state index contributed by atoms with van der Waals surface area (Å²) in [7, 11) is 2.29. The van der Waals surface area contributed by atoms with Gasteiger partial charge in [0.05, 0.1) is 0 Å². The maximum Gasteiger partial charge on any atom is 0.0218 e. The quantitative estimate of drug-likeness (QED) is 0.814. The Morgan fingerprint density at radius 3 is 2.68 bits per heavy atom. The summed E-state index contributed by atoms with van der Waals surface area (Å²) in [5.41, 5.74) is 0. The molecular weight excluding hydrogens is 234 g/mol. The third-order valence-electron chi connectivity index (χ3n) is 5.72. The Kier molecular flexibility index (Phi) is 4.78. The molecule has 0 radical (unpaired) electrons. The van der Waals surface area contributed by atoms with Gasteiger partial charge >= 0.3 is 0 Å². The molecule has 0 aromatic heterocycles. The molecule has 0 aromatic rings. The second-order valence-electron chi connectivity index (χ2n) is 6.94. The van der Waals surface area contributed by atoms with Crippen molar-refractivity contribution in [3.8, 4) is 0 Å². The minimum atomic E-state index is 0.776. The monoisotopic (exact) mass is 265 g/mol. The van der Waals surface area contributed by atoms with E-state index >= 15 is 0 Å². The number of hydrogen-bond donors (Lipinski definition) is 2. The minimum Gasteiger partial charge on any atom is -0.314 e. The Balaban J connectivity index is 1.51. The summed E-state index contributed by atoms with van der Waals surface area (Å²) in [6.45, 7) is 3.76. The van der Waals surface area contributed by atoms with Gasteiger partial charge < -0.3 is 15.5 Å². The summed E-state index contributed by atoms with van der Waals surface area (Å²) in [5, 5.41) is 7.68. The van der Waals surface area contributed by atoms with E-state index in [-0.39, 0.29) is 0 Å². The van der Waals surface area contributed by atoms with Crippen molar-refractivity contribution in [2.45, 2.75) is 69.5 Å². The van der Waals surface area contributed by atoms with Crippen LogP contribution in [0.25, 0.3) is 0 Å². The predicted octanol–water partition coefficient (Wildman–Crippen LogP) is 1.98. The van der Waals surface area contributed by atoms with E-state index in [1.165, 1.54) is 71.0 Å². The van der Waals surface area contributed by atoms with Crippen molar-refractivity contribution >= 4 is 0 Å².